The van der Waals surface area contributed by atoms with Crippen LogP contribution in [-0.4, -0.2) is 37.0 Å². The van der Waals surface area contributed by atoms with E-state index in [2.05, 4.69) is 35.9 Å². The third-order valence-corrected chi connectivity index (χ3v) is 4.31. The van der Waals surface area contributed by atoms with Gasteiger partial charge in [-0.2, -0.15) is 5.10 Å². The van der Waals surface area contributed by atoms with E-state index in [9.17, 15) is 8.42 Å². The lowest BCUT2D eigenvalue weighted by Crippen LogP contribution is -2.31. The Morgan fingerprint density at radius 1 is 1.35 bits per heavy atom. The van der Waals surface area contributed by atoms with Crippen LogP contribution in [0.3, 0.4) is 0 Å². The normalized spacial score (nSPS) is 12.8. The van der Waals surface area contributed by atoms with Crippen LogP contribution in [0.5, 0.6) is 0 Å². The fourth-order valence-electron chi connectivity index (χ4n) is 2.02. The first kappa shape index (κ1) is 17.1. The number of sulfonamides is 1. The van der Waals surface area contributed by atoms with Crippen molar-refractivity contribution in [1.82, 2.24) is 19.8 Å². The van der Waals surface area contributed by atoms with Gasteiger partial charge in [0.25, 0.3) is 0 Å². The van der Waals surface area contributed by atoms with Crippen LogP contribution < -0.4 is 10.0 Å². The summed E-state index contributed by atoms with van der Waals surface area (Å²) in [5.74, 6) is 0.0892. The Hall–Kier alpha value is -0.920. The molecule has 0 spiro atoms. The molecule has 0 fully saturated rings. The van der Waals surface area contributed by atoms with Gasteiger partial charge in [0.15, 0.2) is 0 Å². The molecule has 1 aromatic heterocycles. The van der Waals surface area contributed by atoms with E-state index < -0.39 is 10.0 Å². The van der Waals surface area contributed by atoms with Gasteiger partial charge in [0.2, 0.25) is 10.0 Å². The highest BCUT2D eigenvalue weighted by molar-refractivity contribution is 7.89. The molecule has 0 aromatic carbocycles. The quantitative estimate of drug-likeness (QED) is 0.729. The molecule has 1 heterocycles. The molecule has 0 aliphatic rings. The molecule has 20 heavy (non-hydrogen) atoms. The highest BCUT2D eigenvalue weighted by atomic mass is 32.2. The van der Waals surface area contributed by atoms with Gasteiger partial charge in [-0.15, -0.1) is 0 Å². The standard InChI is InChI=1S/C13H26N4O2S/c1-6-15-20(18,19)8-7-14-9-11-10-17(5)16-12(11)13(2,3)4/h10,14-15H,6-9H2,1-5H3. The van der Waals surface area contributed by atoms with Gasteiger partial charge in [-0.25, -0.2) is 13.1 Å². The largest absolute Gasteiger partial charge is 0.311 e. The molecule has 0 atom stereocenters. The Morgan fingerprint density at radius 2 is 2.00 bits per heavy atom. The van der Waals surface area contributed by atoms with Gasteiger partial charge in [0, 0.05) is 43.9 Å². The summed E-state index contributed by atoms with van der Waals surface area (Å²) in [6.45, 7) is 9.61. The molecule has 0 saturated carbocycles. The zero-order valence-electron chi connectivity index (χ0n) is 13.0. The third kappa shape index (κ3) is 5.22. The number of aryl methyl sites for hydroxylation is 1. The molecule has 0 amide bonds. The number of nitrogens with one attached hydrogen (secondary N) is 2. The van der Waals surface area contributed by atoms with Crippen molar-refractivity contribution in [3.63, 3.8) is 0 Å². The smallest absolute Gasteiger partial charge is 0.212 e. The molecule has 0 aliphatic heterocycles. The number of nitrogens with zero attached hydrogens (tertiary/aromatic N) is 2. The first-order chi connectivity index (χ1) is 9.15. The fourth-order valence-corrected chi connectivity index (χ4v) is 3.02. The van der Waals surface area contributed by atoms with Crippen LogP contribution >= 0.6 is 0 Å². The van der Waals surface area contributed by atoms with E-state index in [4.69, 9.17) is 0 Å². The van der Waals surface area contributed by atoms with E-state index in [-0.39, 0.29) is 11.2 Å². The molecule has 2 N–H and O–H groups in total. The Kier molecular flexibility index (Phi) is 5.73. The van der Waals surface area contributed by atoms with E-state index in [1.54, 1.807) is 11.6 Å². The lowest BCUT2D eigenvalue weighted by Gasteiger charge is -2.17. The number of aromatic nitrogens is 2. The van der Waals surface area contributed by atoms with Gasteiger partial charge in [-0.3, -0.25) is 4.68 Å². The van der Waals surface area contributed by atoms with Crippen molar-refractivity contribution < 1.29 is 8.42 Å². The van der Waals surface area contributed by atoms with Crippen molar-refractivity contribution in [2.45, 2.75) is 39.7 Å². The highest BCUT2D eigenvalue weighted by Gasteiger charge is 2.21. The summed E-state index contributed by atoms with van der Waals surface area (Å²) >= 11 is 0. The summed E-state index contributed by atoms with van der Waals surface area (Å²) in [5, 5.41) is 7.65. The lowest BCUT2D eigenvalue weighted by molar-refractivity contribution is 0.543. The predicted molar refractivity (Wildman–Crippen MR) is 81.1 cm³/mol. The predicted octanol–water partition coefficient (Wildman–Crippen LogP) is 0.747. The number of hydrogen-bond acceptors (Lipinski definition) is 4. The van der Waals surface area contributed by atoms with Crippen LogP contribution in [0.25, 0.3) is 0 Å². The molecule has 0 saturated heterocycles. The number of hydrogen-bond donors (Lipinski definition) is 2. The Labute approximate surface area is 122 Å². The van der Waals surface area contributed by atoms with E-state index in [0.717, 1.165) is 11.3 Å². The molecule has 1 aromatic rings. The van der Waals surface area contributed by atoms with Crippen molar-refractivity contribution in [3.05, 3.63) is 17.5 Å². The van der Waals surface area contributed by atoms with Crippen LogP contribution in [0.4, 0.5) is 0 Å². The molecule has 7 heteroatoms. The van der Waals surface area contributed by atoms with Gasteiger partial charge in [0.1, 0.15) is 0 Å². The molecule has 0 unspecified atom stereocenters. The zero-order valence-corrected chi connectivity index (χ0v) is 13.8. The maximum Gasteiger partial charge on any atom is 0.212 e. The van der Waals surface area contributed by atoms with Gasteiger partial charge >= 0.3 is 0 Å². The molecule has 0 aliphatic carbocycles. The number of rotatable bonds is 7. The summed E-state index contributed by atoms with van der Waals surface area (Å²) in [5.41, 5.74) is 2.14. The maximum absolute atomic E-state index is 11.5. The molecule has 116 valence electrons. The summed E-state index contributed by atoms with van der Waals surface area (Å²) in [6, 6.07) is 0. The van der Waals surface area contributed by atoms with Gasteiger partial charge < -0.3 is 5.32 Å². The molecule has 1 rings (SSSR count). The van der Waals surface area contributed by atoms with Crippen LogP contribution in [0.2, 0.25) is 0 Å². The summed E-state index contributed by atoms with van der Waals surface area (Å²) in [4.78, 5) is 0. The van der Waals surface area contributed by atoms with Crippen molar-refractivity contribution in [2.24, 2.45) is 7.05 Å². The molecular weight excluding hydrogens is 276 g/mol. The monoisotopic (exact) mass is 302 g/mol. The van der Waals surface area contributed by atoms with Gasteiger partial charge in [-0.1, -0.05) is 27.7 Å². The Balaban J connectivity index is 2.55. The second-order valence-electron chi connectivity index (χ2n) is 5.92. The van der Waals surface area contributed by atoms with Crippen LogP contribution in [0.1, 0.15) is 39.0 Å². The average molecular weight is 302 g/mol. The minimum atomic E-state index is -3.15. The summed E-state index contributed by atoms with van der Waals surface area (Å²) in [7, 11) is -1.26. The van der Waals surface area contributed by atoms with E-state index >= 15 is 0 Å². The third-order valence-electron chi connectivity index (χ3n) is 2.84. The van der Waals surface area contributed by atoms with Crippen molar-refractivity contribution in [3.8, 4) is 0 Å². The SMILES string of the molecule is CCNS(=O)(=O)CCNCc1cn(C)nc1C(C)(C)C. The van der Waals surface area contributed by atoms with Crippen LogP contribution in [-0.2, 0) is 29.0 Å². The van der Waals surface area contributed by atoms with E-state index in [1.807, 2.05) is 13.2 Å². The van der Waals surface area contributed by atoms with Gasteiger partial charge in [-0.05, 0) is 0 Å². The lowest BCUT2D eigenvalue weighted by atomic mass is 9.89. The minimum Gasteiger partial charge on any atom is -0.311 e. The Morgan fingerprint density at radius 3 is 2.55 bits per heavy atom. The molecular formula is C13H26N4O2S. The molecule has 0 bridgehead atoms. The topological polar surface area (TPSA) is 76.0 Å². The maximum atomic E-state index is 11.5. The Bertz CT molecular complexity index is 529. The zero-order chi connectivity index (χ0) is 15.4. The fraction of sp³-hybridized carbons (Fsp3) is 0.769. The van der Waals surface area contributed by atoms with Crippen molar-refractivity contribution >= 4 is 10.0 Å². The first-order valence-corrected chi connectivity index (χ1v) is 8.52. The summed E-state index contributed by atoms with van der Waals surface area (Å²) in [6.07, 6.45) is 1.98. The average Bonchev–Trinajstić information content (AvgIpc) is 2.66. The molecule has 0 radical (unpaired) electrons. The van der Waals surface area contributed by atoms with Gasteiger partial charge in [0.05, 0.1) is 11.4 Å². The van der Waals surface area contributed by atoms with Crippen molar-refractivity contribution in [2.75, 3.05) is 18.8 Å². The highest BCUT2D eigenvalue weighted by Crippen LogP contribution is 2.23. The summed E-state index contributed by atoms with van der Waals surface area (Å²) < 4.78 is 27.3. The molecule has 6 nitrogen and oxygen atoms in total. The minimum absolute atomic E-state index is 0.0197. The second-order valence-corrected chi connectivity index (χ2v) is 7.85. The van der Waals surface area contributed by atoms with Crippen LogP contribution in [0.15, 0.2) is 6.20 Å². The van der Waals surface area contributed by atoms with Crippen LogP contribution in [0, 0.1) is 0 Å². The van der Waals surface area contributed by atoms with E-state index in [1.165, 1.54) is 0 Å². The van der Waals surface area contributed by atoms with Crippen molar-refractivity contribution in [1.29, 1.82) is 0 Å². The first-order valence-electron chi connectivity index (χ1n) is 6.87. The van der Waals surface area contributed by atoms with E-state index in [0.29, 0.717) is 19.6 Å². The second kappa shape index (κ2) is 6.69.